The smallest absolute Gasteiger partial charge is 0.316 e. The van der Waals surface area contributed by atoms with Crippen molar-refractivity contribution in [3.63, 3.8) is 0 Å². The molecule has 1 aromatic heterocycles. The van der Waals surface area contributed by atoms with Crippen molar-refractivity contribution in [1.29, 1.82) is 0 Å². The van der Waals surface area contributed by atoms with E-state index < -0.39 is 0 Å². The third-order valence-electron chi connectivity index (χ3n) is 3.70. The summed E-state index contributed by atoms with van der Waals surface area (Å²) in [7, 11) is 0. The summed E-state index contributed by atoms with van der Waals surface area (Å²) < 4.78 is 7.18. The summed E-state index contributed by atoms with van der Waals surface area (Å²) in [6.45, 7) is 4.24. The Bertz CT molecular complexity index is 913. The summed E-state index contributed by atoms with van der Waals surface area (Å²) in [5.74, 6) is 0.570. The minimum absolute atomic E-state index is 0.140. The van der Waals surface area contributed by atoms with E-state index in [4.69, 9.17) is 16.3 Å². The van der Waals surface area contributed by atoms with Gasteiger partial charge in [0, 0.05) is 5.56 Å². The number of thioether (sulfide) groups is 1. The number of aromatic nitrogens is 3. The normalized spacial score (nSPS) is 11.0. The van der Waals surface area contributed by atoms with Crippen LogP contribution in [0.2, 0.25) is 5.02 Å². The lowest BCUT2D eigenvalue weighted by Gasteiger charge is -2.12. The molecule has 0 saturated heterocycles. The van der Waals surface area contributed by atoms with E-state index in [1.807, 2.05) is 73.0 Å². The lowest BCUT2D eigenvalue weighted by molar-refractivity contribution is -0.144. The minimum Gasteiger partial charge on any atom is -0.462 e. The Kier molecular flexibility index (Phi) is 6.53. The molecule has 0 unspecified atom stereocenters. The maximum absolute atomic E-state index is 11.9. The van der Waals surface area contributed by atoms with Crippen molar-refractivity contribution in [3.8, 4) is 11.4 Å². The van der Waals surface area contributed by atoms with Crippen LogP contribution in [0.5, 0.6) is 0 Å². The van der Waals surface area contributed by atoms with Gasteiger partial charge in [0.05, 0.1) is 23.4 Å². The highest BCUT2D eigenvalue weighted by atomic mass is 35.5. The average Bonchev–Trinajstić information content (AvgIpc) is 3.03. The van der Waals surface area contributed by atoms with Crippen LogP contribution < -0.4 is 0 Å². The van der Waals surface area contributed by atoms with E-state index in [9.17, 15) is 4.79 Å². The Labute approximate surface area is 167 Å². The molecule has 3 rings (SSSR count). The van der Waals surface area contributed by atoms with Gasteiger partial charge >= 0.3 is 5.97 Å². The Balaban J connectivity index is 1.91. The van der Waals surface area contributed by atoms with Crippen molar-refractivity contribution in [2.75, 3.05) is 5.75 Å². The third-order valence-corrected chi connectivity index (χ3v) is 4.97. The molecule has 0 atom stereocenters. The van der Waals surface area contributed by atoms with Gasteiger partial charge in [-0.1, -0.05) is 65.8 Å². The Morgan fingerprint density at radius 1 is 1.11 bits per heavy atom. The van der Waals surface area contributed by atoms with Gasteiger partial charge in [-0.2, -0.15) is 0 Å². The summed E-state index contributed by atoms with van der Waals surface area (Å²) in [4.78, 5) is 11.9. The molecule has 0 radical (unpaired) electrons. The topological polar surface area (TPSA) is 57.0 Å². The zero-order valence-electron chi connectivity index (χ0n) is 15.1. The number of carbonyl (C=O) groups is 1. The number of halogens is 1. The van der Waals surface area contributed by atoms with Crippen LogP contribution in [0.3, 0.4) is 0 Å². The van der Waals surface area contributed by atoms with Gasteiger partial charge in [0.25, 0.3) is 0 Å². The molecule has 0 N–H and O–H groups in total. The van der Waals surface area contributed by atoms with Crippen LogP contribution in [0, 0.1) is 0 Å². The van der Waals surface area contributed by atoms with E-state index >= 15 is 0 Å². The molecular formula is C20H20ClN3O2S. The number of esters is 1. The van der Waals surface area contributed by atoms with Crippen LogP contribution >= 0.6 is 23.4 Å². The van der Waals surface area contributed by atoms with E-state index in [2.05, 4.69) is 10.2 Å². The van der Waals surface area contributed by atoms with Crippen LogP contribution in [-0.4, -0.2) is 32.6 Å². The highest BCUT2D eigenvalue weighted by molar-refractivity contribution is 7.99. The van der Waals surface area contributed by atoms with Gasteiger partial charge in [-0.3, -0.25) is 9.36 Å². The van der Waals surface area contributed by atoms with Gasteiger partial charge in [-0.15, -0.1) is 10.2 Å². The van der Waals surface area contributed by atoms with E-state index in [-0.39, 0.29) is 17.8 Å². The molecule has 0 spiro atoms. The van der Waals surface area contributed by atoms with Crippen molar-refractivity contribution in [1.82, 2.24) is 14.8 Å². The Morgan fingerprint density at radius 2 is 1.81 bits per heavy atom. The number of rotatable bonds is 7. The van der Waals surface area contributed by atoms with Crippen LogP contribution in [0.1, 0.15) is 19.4 Å². The van der Waals surface area contributed by atoms with Crippen LogP contribution in [0.4, 0.5) is 0 Å². The summed E-state index contributed by atoms with van der Waals surface area (Å²) >= 11 is 7.68. The van der Waals surface area contributed by atoms with Crippen molar-refractivity contribution in [2.24, 2.45) is 0 Å². The molecule has 140 valence electrons. The standard InChI is InChI=1S/C20H20ClN3O2S/c1-14(2)26-18(25)13-27-20-23-22-19(16-10-6-7-11-17(16)21)24(20)12-15-8-4-3-5-9-15/h3-11,14H,12-13H2,1-2H3. The van der Waals surface area contributed by atoms with Gasteiger partial charge in [-0.05, 0) is 31.5 Å². The molecule has 0 fully saturated rings. The first-order valence-corrected chi connectivity index (χ1v) is 9.95. The zero-order chi connectivity index (χ0) is 19.2. The van der Waals surface area contributed by atoms with E-state index in [0.29, 0.717) is 22.5 Å². The molecule has 2 aromatic carbocycles. The van der Waals surface area contributed by atoms with Gasteiger partial charge in [-0.25, -0.2) is 0 Å². The molecule has 0 saturated carbocycles. The summed E-state index contributed by atoms with van der Waals surface area (Å²) in [6, 6.07) is 17.6. The zero-order valence-corrected chi connectivity index (χ0v) is 16.7. The second kappa shape index (κ2) is 9.06. The number of nitrogens with zero attached hydrogens (tertiary/aromatic N) is 3. The molecule has 1 heterocycles. The molecular weight excluding hydrogens is 382 g/mol. The molecule has 0 aliphatic carbocycles. The third kappa shape index (κ3) is 5.11. The van der Waals surface area contributed by atoms with Crippen LogP contribution in [0.25, 0.3) is 11.4 Å². The first kappa shape index (κ1) is 19.5. The predicted octanol–water partition coefficient (Wildman–Crippen LogP) is 4.69. The fourth-order valence-corrected chi connectivity index (χ4v) is 3.51. The predicted molar refractivity (Wildman–Crippen MR) is 108 cm³/mol. The molecule has 0 bridgehead atoms. The Hall–Kier alpha value is -2.31. The molecule has 0 aliphatic rings. The number of hydrogen-bond donors (Lipinski definition) is 0. The largest absolute Gasteiger partial charge is 0.462 e. The van der Waals surface area contributed by atoms with Gasteiger partial charge in [0.2, 0.25) is 0 Å². The van der Waals surface area contributed by atoms with Gasteiger partial charge in [0.15, 0.2) is 11.0 Å². The summed E-state index contributed by atoms with van der Waals surface area (Å²) in [6.07, 6.45) is -0.140. The maximum Gasteiger partial charge on any atom is 0.316 e. The molecule has 0 amide bonds. The van der Waals surface area contributed by atoms with Crippen LogP contribution in [0.15, 0.2) is 59.8 Å². The van der Waals surface area contributed by atoms with Crippen molar-refractivity contribution in [2.45, 2.75) is 31.7 Å². The number of benzene rings is 2. The first-order chi connectivity index (χ1) is 13.0. The van der Waals surface area contributed by atoms with Gasteiger partial charge in [0.1, 0.15) is 0 Å². The van der Waals surface area contributed by atoms with Gasteiger partial charge < -0.3 is 4.74 Å². The SMILES string of the molecule is CC(C)OC(=O)CSc1nnc(-c2ccccc2Cl)n1Cc1ccccc1. The fraction of sp³-hybridized carbons (Fsp3) is 0.250. The highest BCUT2D eigenvalue weighted by Gasteiger charge is 2.18. The quantitative estimate of drug-likeness (QED) is 0.424. The molecule has 0 aliphatic heterocycles. The number of carbonyl (C=O) groups excluding carboxylic acids is 1. The monoisotopic (exact) mass is 401 g/mol. The average molecular weight is 402 g/mol. The van der Waals surface area contributed by atoms with Crippen molar-refractivity contribution in [3.05, 3.63) is 65.2 Å². The number of hydrogen-bond acceptors (Lipinski definition) is 5. The van der Waals surface area contributed by atoms with E-state index in [0.717, 1.165) is 11.1 Å². The van der Waals surface area contributed by atoms with E-state index in [1.54, 1.807) is 0 Å². The minimum atomic E-state index is -0.274. The van der Waals surface area contributed by atoms with Crippen molar-refractivity contribution >= 4 is 29.3 Å². The highest BCUT2D eigenvalue weighted by Crippen LogP contribution is 2.30. The second-order valence-corrected chi connectivity index (χ2v) is 7.53. The lowest BCUT2D eigenvalue weighted by atomic mass is 10.2. The summed E-state index contributed by atoms with van der Waals surface area (Å²) in [5, 5.41) is 9.88. The lowest BCUT2D eigenvalue weighted by Crippen LogP contribution is -2.14. The molecule has 5 nitrogen and oxygen atoms in total. The van der Waals surface area contributed by atoms with Crippen LogP contribution in [-0.2, 0) is 16.1 Å². The van der Waals surface area contributed by atoms with E-state index in [1.165, 1.54) is 11.8 Å². The fourth-order valence-electron chi connectivity index (χ4n) is 2.57. The molecule has 3 aromatic rings. The number of ether oxygens (including phenoxy) is 1. The van der Waals surface area contributed by atoms with Crippen molar-refractivity contribution < 1.29 is 9.53 Å². The maximum atomic E-state index is 11.9. The second-order valence-electron chi connectivity index (χ2n) is 6.19. The first-order valence-electron chi connectivity index (χ1n) is 8.59. The Morgan fingerprint density at radius 3 is 2.52 bits per heavy atom. The molecule has 7 heteroatoms. The summed E-state index contributed by atoms with van der Waals surface area (Å²) in [5.41, 5.74) is 1.91. The molecule has 27 heavy (non-hydrogen) atoms.